The fourth-order valence-electron chi connectivity index (χ4n) is 4.15. The van der Waals surface area contributed by atoms with Gasteiger partial charge in [0.05, 0.1) is 25.7 Å². The second-order valence-electron chi connectivity index (χ2n) is 7.92. The molecule has 0 saturated heterocycles. The van der Waals surface area contributed by atoms with Gasteiger partial charge in [0.15, 0.2) is 5.76 Å². The predicted molar refractivity (Wildman–Crippen MR) is 116 cm³/mol. The Morgan fingerprint density at radius 1 is 1.03 bits per heavy atom. The molecule has 31 heavy (non-hydrogen) atoms. The number of ether oxygens (including phenoxy) is 4. The molecule has 0 amide bonds. The topological polar surface area (TPSA) is 71.1 Å². The monoisotopic (exact) mass is 422 g/mol. The number of allylic oxidation sites excluding steroid dienone is 1. The Balaban J connectivity index is 1.58. The van der Waals surface area contributed by atoms with Gasteiger partial charge in [-0.15, -0.1) is 0 Å². The maximum absolute atomic E-state index is 13.0. The number of hydrogen-bond donors (Lipinski definition) is 0. The molecule has 4 rings (SSSR count). The largest absolute Gasteiger partial charge is 0.497 e. The number of methoxy groups -OCH3 is 2. The SMILES string of the molecule is COc1ccc(/C=C2\Oc3cc(OC(=O)C4CCCCC4)cc(C)c3C2=O)c(OC)c1. The highest BCUT2D eigenvalue weighted by Gasteiger charge is 2.31. The molecule has 1 fully saturated rings. The van der Waals surface area contributed by atoms with Gasteiger partial charge in [-0.2, -0.15) is 0 Å². The van der Waals surface area contributed by atoms with Crippen LogP contribution in [0.15, 0.2) is 36.1 Å². The summed E-state index contributed by atoms with van der Waals surface area (Å²) in [5, 5.41) is 0. The van der Waals surface area contributed by atoms with Gasteiger partial charge < -0.3 is 18.9 Å². The molecule has 0 aromatic heterocycles. The van der Waals surface area contributed by atoms with Crippen molar-refractivity contribution >= 4 is 17.8 Å². The molecule has 1 saturated carbocycles. The lowest BCUT2D eigenvalue weighted by atomic mass is 9.89. The average Bonchev–Trinajstić information content (AvgIpc) is 3.10. The van der Waals surface area contributed by atoms with E-state index in [9.17, 15) is 9.59 Å². The van der Waals surface area contributed by atoms with E-state index in [2.05, 4.69) is 0 Å². The number of carbonyl (C=O) groups excluding carboxylic acids is 2. The molecule has 2 aromatic rings. The van der Waals surface area contributed by atoms with Crippen molar-refractivity contribution in [3.8, 4) is 23.0 Å². The second kappa shape index (κ2) is 8.84. The van der Waals surface area contributed by atoms with Crippen LogP contribution in [0, 0.1) is 12.8 Å². The standard InChI is InChI=1S/C25H26O6/c1-15-11-19(30-25(27)16-7-5-4-6-8-16)14-21-23(15)24(26)22(31-21)12-17-9-10-18(28-2)13-20(17)29-3/h9-14,16H,4-8H2,1-3H3/b22-12-. The fourth-order valence-corrected chi connectivity index (χ4v) is 4.15. The first-order chi connectivity index (χ1) is 15.0. The van der Waals surface area contributed by atoms with E-state index in [4.69, 9.17) is 18.9 Å². The van der Waals surface area contributed by atoms with E-state index in [0.29, 0.717) is 39.7 Å². The van der Waals surface area contributed by atoms with Crippen LogP contribution in [0.1, 0.15) is 53.6 Å². The van der Waals surface area contributed by atoms with Gasteiger partial charge in [-0.25, -0.2) is 0 Å². The molecule has 1 heterocycles. The van der Waals surface area contributed by atoms with Crippen LogP contribution in [0.5, 0.6) is 23.0 Å². The maximum atomic E-state index is 13.0. The van der Waals surface area contributed by atoms with Crippen LogP contribution in [0.4, 0.5) is 0 Å². The Labute approximate surface area is 181 Å². The minimum atomic E-state index is -0.212. The van der Waals surface area contributed by atoms with Crippen molar-refractivity contribution in [1.82, 2.24) is 0 Å². The lowest BCUT2D eigenvalue weighted by molar-refractivity contribution is -0.139. The van der Waals surface area contributed by atoms with Crippen molar-refractivity contribution in [3.05, 3.63) is 52.8 Å². The minimum Gasteiger partial charge on any atom is -0.497 e. The number of carbonyl (C=O) groups is 2. The van der Waals surface area contributed by atoms with Crippen LogP contribution >= 0.6 is 0 Å². The van der Waals surface area contributed by atoms with E-state index in [1.54, 1.807) is 50.6 Å². The van der Waals surface area contributed by atoms with Gasteiger partial charge in [0, 0.05) is 17.7 Å². The first-order valence-electron chi connectivity index (χ1n) is 10.5. The van der Waals surface area contributed by atoms with Crippen LogP contribution in [0.25, 0.3) is 6.08 Å². The quantitative estimate of drug-likeness (QED) is 0.379. The third-order valence-corrected chi connectivity index (χ3v) is 5.83. The highest BCUT2D eigenvalue weighted by Crippen LogP contribution is 2.39. The maximum Gasteiger partial charge on any atom is 0.314 e. The van der Waals surface area contributed by atoms with Gasteiger partial charge in [-0.05, 0) is 49.6 Å². The fraction of sp³-hybridized carbons (Fsp3) is 0.360. The Morgan fingerprint density at radius 3 is 2.52 bits per heavy atom. The molecule has 0 unspecified atom stereocenters. The lowest BCUT2D eigenvalue weighted by Crippen LogP contribution is -2.22. The zero-order chi connectivity index (χ0) is 22.0. The normalized spacial score (nSPS) is 17.3. The third kappa shape index (κ3) is 4.29. The Bertz CT molecular complexity index is 1050. The van der Waals surface area contributed by atoms with Crippen LogP contribution in [-0.2, 0) is 4.79 Å². The summed E-state index contributed by atoms with van der Waals surface area (Å²) in [6.45, 7) is 1.81. The molecule has 2 aromatic carbocycles. The molecule has 6 heteroatoms. The van der Waals surface area contributed by atoms with Crippen molar-refractivity contribution < 1.29 is 28.5 Å². The van der Waals surface area contributed by atoms with Gasteiger partial charge in [0.2, 0.25) is 5.78 Å². The lowest BCUT2D eigenvalue weighted by Gasteiger charge is -2.20. The number of hydrogen-bond acceptors (Lipinski definition) is 6. The molecule has 1 aliphatic carbocycles. The van der Waals surface area contributed by atoms with Gasteiger partial charge in [0.1, 0.15) is 23.0 Å². The summed E-state index contributed by atoms with van der Waals surface area (Å²) >= 11 is 0. The van der Waals surface area contributed by atoms with Gasteiger partial charge in [-0.1, -0.05) is 19.3 Å². The number of aryl methyl sites for hydroxylation is 1. The highest BCUT2D eigenvalue weighted by atomic mass is 16.5. The Hall–Kier alpha value is -3.28. The van der Waals surface area contributed by atoms with E-state index in [1.807, 2.05) is 6.92 Å². The Morgan fingerprint density at radius 2 is 1.81 bits per heavy atom. The van der Waals surface area contributed by atoms with Crippen LogP contribution in [-0.4, -0.2) is 26.0 Å². The predicted octanol–water partition coefficient (Wildman–Crippen LogP) is 5.11. The molecule has 1 aliphatic heterocycles. The molecule has 0 N–H and O–H groups in total. The molecule has 0 radical (unpaired) electrons. The first-order valence-corrected chi connectivity index (χ1v) is 10.5. The summed E-state index contributed by atoms with van der Waals surface area (Å²) in [5.74, 6) is 1.75. The first kappa shape index (κ1) is 21.0. The summed E-state index contributed by atoms with van der Waals surface area (Å²) in [5.41, 5.74) is 1.89. The molecule has 0 atom stereocenters. The summed E-state index contributed by atoms with van der Waals surface area (Å²) < 4.78 is 22.1. The highest BCUT2D eigenvalue weighted by molar-refractivity contribution is 6.15. The van der Waals surface area contributed by atoms with Crippen molar-refractivity contribution in [3.63, 3.8) is 0 Å². The van der Waals surface area contributed by atoms with Gasteiger partial charge in [0.25, 0.3) is 0 Å². The zero-order valence-corrected chi connectivity index (χ0v) is 18.0. The molecule has 0 spiro atoms. The molecule has 2 aliphatic rings. The zero-order valence-electron chi connectivity index (χ0n) is 18.0. The van der Waals surface area contributed by atoms with E-state index in [1.165, 1.54) is 6.42 Å². The van der Waals surface area contributed by atoms with Crippen LogP contribution in [0.3, 0.4) is 0 Å². The number of benzene rings is 2. The van der Waals surface area contributed by atoms with Crippen LogP contribution < -0.4 is 18.9 Å². The second-order valence-corrected chi connectivity index (χ2v) is 7.92. The summed E-state index contributed by atoms with van der Waals surface area (Å²) in [6.07, 6.45) is 6.68. The van der Waals surface area contributed by atoms with E-state index >= 15 is 0 Å². The van der Waals surface area contributed by atoms with E-state index in [0.717, 1.165) is 25.7 Å². The van der Waals surface area contributed by atoms with Crippen molar-refractivity contribution in [1.29, 1.82) is 0 Å². The molecular weight excluding hydrogens is 396 g/mol. The average molecular weight is 422 g/mol. The number of esters is 1. The van der Waals surface area contributed by atoms with Crippen molar-refractivity contribution in [2.45, 2.75) is 39.0 Å². The molecule has 162 valence electrons. The van der Waals surface area contributed by atoms with Crippen molar-refractivity contribution in [2.75, 3.05) is 14.2 Å². The van der Waals surface area contributed by atoms with Crippen molar-refractivity contribution in [2.24, 2.45) is 5.92 Å². The van der Waals surface area contributed by atoms with Gasteiger partial charge in [-0.3, -0.25) is 9.59 Å². The number of Topliss-reactive ketones (excluding diaryl/α,β-unsaturated/α-hetero) is 1. The minimum absolute atomic E-state index is 0.0529. The molecule has 0 bridgehead atoms. The van der Waals surface area contributed by atoms with E-state index < -0.39 is 0 Å². The summed E-state index contributed by atoms with van der Waals surface area (Å²) in [4.78, 5) is 25.5. The number of rotatable bonds is 5. The van der Waals surface area contributed by atoms with Crippen LogP contribution in [0.2, 0.25) is 0 Å². The third-order valence-electron chi connectivity index (χ3n) is 5.83. The van der Waals surface area contributed by atoms with E-state index in [-0.39, 0.29) is 23.4 Å². The summed E-state index contributed by atoms with van der Waals surface area (Å²) in [7, 11) is 3.13. The Kier molecular flexibility index (Phi) is 5.98. The number of fused-ring (bicyclic) bond motifs is 1. The number of ketones is 1. The molecule has 6 nitrogen and oxygen atoms in total. The smallest absolute Gasteiger partial charge is 0.314 e. The summed E-state index contributed by atoms with van der Waals surface area (Å²) in [6, 6.07) is 8.67. The molecular formula is C25H26O6. The van der Waals surface area contributed by atoms with Gasteiger partial charge >= 0.3 is 5.97 Å².